The van der Waals surface area contributed by atoms with E-state index in [4.69, 9.17) is 0 Å². The number of hydrogen-bond donors (Lipinski definition) is 2. The predicted octanol–water partition coefficient (Wildman–Crippen LogP) is 2.82. The number of aromatic nitrogens is 2. The maximum atomic E-state index is 12.4. The lowest BCUT2D eigenvalue weighted by Crippen LogP contribution is -2.40. The summed E-state index contributed by atoms with van der Waals surface area (Å²) in [7, 11) is 2.02. The minimum absolute atomic E-state index is 0.157. The molecule has 0 saturated heterocycles. The number of fused-ring (bicyclic) bond motifs is 1. The van der Waals surface area contributed by atoms with Gasteiger partial charge >= 0.3 is 0 Å². The molecular formula is C18H20N4O. The van der Waals surface area contributed by atoms with Crippen molar-refractivity contribution >= 4 is 22.5 Å². The summed E-state index contributed by atoms with van der Waals surface area (Å²) < 4.78 is 0. The van der Waals surface area contributed by atoms with Crippen LogP contribution in [-0.4, -0.2) is 35.7 Å². The van der Waals surface area contributed by atoms with Gasteiger partial charge in [0.05, 0.1) is 5.52 Å². The van der Waals surface area contributed by atoms with Crippen LogP contribution in [0.1, 0.15) is 17.4 Å². The number of rotatable bonds is 5. The zero-order chi connectivity index (χ0) is 16.2. The van der Waals surface area contributed by atoms with E-state index in [1.54, 1.807) is 0 Å². The number of carbonyl (C=O) groups excluding carboxylic acids is 1. The Morgan fingerprint density at radius 2 is 1.87 bits per heavy atom. The van der Waals surface area contributed by atoms with E-state index < -0.39 is 0 Å². The number of para-hydroxylation sites is 2. The minimum atomic E-state index is -0.157. The van der Waals surface area contributed by atoms with Gasteiger partial charge < -0.3 is 10.2 Å². The van der Waals surface area contributed by atoms with Crippen molar-refractivity contribution in [2.45, 2.75) is 13.0 Å². The van der Waals surface area contributed by atoms with Gasteiger partial charge in [0.1, 0.15) is 0 Å². The summed E-state index contributed by atoms with van der Waals surface area (Å²) in [5.41, 5.74) is 2.43. The van der Waals surface area contributed by atoms with Crippen molar-refractivity contribution in [3.8, 4) is 0 Å². The van der Waals surface area contributed by atoms with Gasteiger partial charge in [0, 0.05) is 30.7 Å². The van der Waals surface area contributed by atoms with Crippen molar-refractivity contribution in [3.63, 3.8) is 0 Å². The normalized spacial score (nSPS) is 12.1. The number of benzene rings is 2. The first kappa shape index (κ1) is 15.1. The second-order valence-electron chi connectivity index (χ2n) is 5.62. The van der Waals surface area contributed by atoms with E-state index in [1.807, 2.05) is 49.5 Å². The fraction of sp³-hybridized carbons (Fsp3) is 0.222. The van der Waals surface area contributed by atoms with Crippen LogP contribution >= 0.6 is 0 Å². The molecule has 1 heterocycles. The Kier molecular flexibility index (Phi) is 4.28. The lowest BCUT2D eigenvalue weighted by Gasteiger charge is -2.27. The fourth-order valence-electron chi connectivity index (χ4n) is 2.52. The highest BCUT2D eigenvalue weighted by molar-refractivity contribution is 6.04. The molecule has 0 aliphatic carbocycles. The van der Waals surface area contributed by atoms with Crippen LogP contribution in [0.2, 0.25) is 0 Å². The molecule has 2 N–H and O–H groups in total. The van der Waals surface area contributed by atoms with E-state index in [9.17, 15) is 4.79 Å². The number of aromatic amines is 1. The third-order valence-electron chi connectivity index (χ3n) is 4.07. The van der Waals surface area contributed by atoms with Gasteiger partial charge in [-0.05, 0) is 25.1 Å². The third-order valence-corrected chi connectivity index (χ3v) is 4.07. The number of H-pyrrole nitrogens is 1. The summed E-state index contributed by atoms with van der Waals surface area (Å²) in [6.07, 6.45) is 0. The number of amides is 1. The molecule has 0 fully saturated rings. The molecule has 0 saturated carbocycles. The SMILES string of the molecule is C[C@H](CNC(=O)c1n[nH]c2ccccc12)N(C)c1ccccc1. The molecule has 3 rings (SSSR count). The molecule has 0 aliphatic heterocycles. The summed E-state index contributed by atoms with van der Waals surface area (Å²) in [5, 5.41) is 10.8. The number of nitrogens with one attached hydrogen (secondary N) is 2. The average Bonchev–Trinajstić information content (AvgIpc) is 3.03. The number of nitrogens with zero attached hydrogens (tertiary/aromatic N) is 2. The van der Waals surface area contributed by atoms with E-state index in [0.29, 0.717) is 12.2 Å². The summed E-state index contributed by atoms with van der Waals surface area (Å²) >= 11 is 0. The molecule has 2 aromatic carbocycles. The van der Waals surface area contributed by atoms with E-state index >= 15 is 0 Å². The molecule has 0 spiro atoms. The Bertz CT molecular complexity index is 797. The van der Waals surface area contributed by atoms with Crippen LogP contribution < -0.4 is 10.2 Å². The minimum Gasteiger partial charge on any atom is -0.370 e. The second-order valence-corrected chi connectivity index (χ2v) is 5.62. The van der Waals surface area contributed by atoms with Gasteiger partial charge in [-0.25, -0.2) is 0 Å². The van der Waals surface area contributed by atoms with Crippen molar-refractivity contribution in [3.05, 3.63) is 60.3 Å². The number of anilines is 1. The van der Waals surface area contributed by atoms with Crippen LogP contribution in [0.4, 0.5) is 5.69 Å². The van der Waals surface area contributed by atoms with Gasteiger partial charge in [-0.15, -0.1) is 0 Å². The number of hydrogen-bond acceptors (Lipinski definition) is 3. The summed E-state index contributed by atoms with van der Waals surface area (Å²) in [4.78, 5) is 14.5. The van der Waals surface area contributed by atoms with Crippen LogP contribution in [0, 0.1) is 0 Å². The molecule has 0 aliphatic rings. The molecule has 0 bridgehead atoms. The van der Waals surface area contributed by atoms with Crippen molar-refractivity contribution in [2.75, 3.05) is 18.5 Å². The topological polar surface area (TPSA) is 61.0 Å². The molecule has 118 valence electrons. The molecule has 1 amide bonds. The quantitative estimate of drug-likeness (QED) is 0.762. The zero-order valence-corrected chi connectivity index (χ0v) is 13.3. The Morgan fingerprint density at radius 1 is 1.17 bits per heavy atom. The van der Waals surface area contributed by atoms with Crippen LogP contribution in [0.5, 0.6) is 0 Å². The molecule has 23 heavy (non-hydrogen) atoms. The smallest absolute Gasteiger partial charge is 0.272 e. The molecule has 0 radical (unpaired) electrons. The van der Waals surface area contributed by atoms with Crippen LogP contribution in [0.15, 0.2) is 54.6 Å². The summed E-state index contributed by atoms with van der Waals surface area (Å²) in [6.45, 7) is 2.63. The Morgan fingerprint density at radius 3 is 2.65 bits per heavy atom. The fourth-order valence-corrected chi connectivity index (χ4v) is 2.52. The van der Waals surface area contributed by atoms with Gasteiger partial charge in [0.2, 0.25) is 0 Å². The van der Waals surface area contributed by atoms with Crippen LogP contribution in [0.3, 0.4) is 0 Å². The van der Waals surface area contributed by atoms with Crippen molar-refractivity contribution in [1.82, 2.24) is 15.5 Å². The summed E-state index contributed by atoms with van der Waals surface area (Å²) in [5.74, 6) is -0.157. The lowest BCUT2D eigenvalue weighted by molar-refractivity contribution is 0.0948. The van der Waals surface area contributed by atoms with Gasteiger partial charge in [-0.1, -0.05) is 36.4 Å². The van der Waals surface area contributed by atoms with E-state index in [0.717, 1.165) is 16.6 Å². The Balaban J connectivity index is 1.65. The second kappa shape index (κ2) is 6.52. The van der Waals surface area contributed by atoms with Gasteiger partial charge in [0.15, 0.2) is 5.69 Å². The first-order valence-electron chi connectivity index (χ1n) is 7.66. The van der Waals surface area contributed by atoms with Crippen molar-refractivity contribution in [1.29, 1.82) is 0 Å². The molecular weight excluding hydrogens is 288 g/mol. The van der Waals surface area contributed by atoms with Crippen molar-refractivity contribution in [2.24, 2.45) is 0 Å². The van der Waals surface area contributed by atoms with Gasteiger partial charge in [-0.2, -0.15) is 5.10 Å². The largest absolute Gasteiger partial charge is 0.370 e. The van der Waals surface area contributed by atoms with Gasteiger partial charge in [-0.3, -0.25) is 9.89 Å². The Labute approximate surface area is 135 Å². The molecule has 5 heteroatoms. The summed E-state index contributed by atoms with van der Waals surface area (Å²) in [6, 6.07) is 17.9. The molecule has 5 nitrogen and oxygen atoms in total. The van der Waals surface area contributed by atoms with Gasteiger partial charge in [0.25, 0.3) is 5.91 Å². The monoisotopic (exact) mass is 308 g/mol. The maximum absolute atomic E-state index is 12.4. The average molecular weight is 308 g/mol. The van der Waals surface area contributed by atoms with Crippen LogP contribution in [-0.2, 0) is 0 Å². The highest BCUT2D eigenvalue weighted by Gasteiger charge is 2.16. The third kappa shape index (κ3) is 3.18. The standard InChI is InChI=1S/C18H20N4O/c1-13(22(2)14-8-4-3-5-9-14)12-19-18(23)17-15-10-6-7-11-16(15)20-21-17/h3-11,13H,12H2,1-2H3,(H,19,23)(H,20,21)/t13-/m1/s1. The lowest BCUT2D eigenvalue weighted by atomic mass is 10.2. The highest BCUT2D eigenvalue weighted by Crippen LogP contribution is 2.16. The molecule has 1 atom stereocenters. The van der Waals surface area contributed by atoms with E-state index in [2.05, 4.69) is 39.5 Å². The Hall–Kier alpha value is -2.82. The molecule has 1 aromatic heterocycles. The molecule has 0 unspecified atom stereocenters. The van der Waals surface area contributed by atoms with E-state index in [-0.39, 0.29) is 11.9 Å². The first-order valence-corrected chi connectivity index (χ1v) is 7.66. The number of carbonyl (C=O) groups is 1. The molecule has 3 aromatic rings. The zero-order valence-electron chi connectivity index (χ0n) is 13.3. The first-order chi connectivity index (χ1) is 11.2. The number of likely N-dealkylation sites (N-methyl/N-ethyl adjacent to an activating group) is 1. The maximum Gasteiger partial charge on any atom is 0.272 e. The van der Waals surface area contributed by atoms with Crippen LogP contribution in [0.25, 0.3) is 10.9 Å². The highest BCUT2D eigenvalue weighted by atomic mass is 16.1. The van der Waals surface area contributed by atoms with Crippen molar-refractivity contribution < 1.29 is 4.79 Å². The van der Waals surface area contributed by atoms with E-state index in [1.165, 1.54) is 0 Å². The predicted molar refractivity (Wildman–Crippen MR) is 92.7 cm³/mol.